The highest BCUT2D eigenvalue weighted by Crippen LogP contribution is 2.29. The Morgan fingerprint density at radius 1 is 1.12 bits per heavy atom. The lowest BCUT2D eigenvalue weighted by molar-refractivity contribution is -0.118. The molecule has 0 aliphatic carbocycles. The van der Waals surface area contributed by atoms with Gasteiger partial charge in [0.1, 0.15) is 5.75 Å². The monoisotopic (exact) mass is 473 g/mol. The predicted octanol–water partition coefficient (Wildman–Crippen LogP) is 4.47. The van der Waals surface area contributed by atoms with Gasteiger partial charge in [-0.05, 0) is 54.4 Å². The van der Waals surface area contributed by atoms with E-state index in [-0.39, 0.29) is 11.7 Å². The average molecular weight is 474 g/mol. The number of thioether (sulfide) groups is 1. The fraction of sp³-hybridized carbons (Fsp3) is 0.160. The summed E-state index contributed by atoms with van der Waals surface area (Å²) in [6, 6.07) is 19.4. The predicted molar refractivity (Wildman–Crippen MR) is 131 cm³/mol. The van der Waals surface area contributed by atoms with Crippen molar-refractivity contribution in [1.29, 1.82) is 0 Å². The van der Waals surface area contributed by atoms with Crippen molar-refractivity contribution < 1.29 is 13.9 Å². The Labute approximate surface area is 200 Å². The third-order valence-corrected chi connectivity index (χ3v) is 6.36. The molecular formula is C25H23N5O3S. The van der Waals surface area contributed by atoms with Gasteiger partial charge < -0.3 is 19.5 Å². The zero-order valence-corrected chi connectivity index (χ0v) is 19.3. The number of benzene rings is 2. The summed E-state index contributed by atoms with van der Waals surface area (Å²) in [6.45, 7) is 0.560. The average Bonchev–Trinajstić information content (AvgIpc) is 3.63. The third-order valence-electron chi connectivity index (χ3n) is 5.43. The van der Waals surface area contributed by atoms with Crippen molar-refractivity contribution >= 4 is 28.6 Å². The van der Waals surface area contributed by atoms with E-state index in [0.717, 1.165) is 23.4 Å². The van der Waals surface area contributed by atoms with Gasteiger partial charge in [-0.1, -0.05) is 30.0 Å². The molecule has 0 bridgehead atoms. The molecule has 0 saturated carbocycles. The number of para-hydroxylation sites is 1. The number of furan rings is 1. The van der Waals surface area contributed by atoms with Crippen LogP contribution in [0.3, 0.4) is 0 Å². The molecule has 9 heteroatoms. The van der Waals surface area contributed by atoms with Crippen LogP contribution in [0, 0.1) is 0 Å². The number of methoxy groups -OCH3 is 1. The number of nitrogens with one attached hydrogen (secondary N) is 2. The first-order valence-electron chi connectivity index (χ1n) is 10.8. The molecule has 0 aliphatic rings. The maximum absolute atomic E-state index is 12.5. The number of rotatable bonds is 9. The molecule has 2 aromatic carbocycles. The molecule has 2 N–H and O–H groups in total. The summed E-state index contributed by atoms with van der Waals surface area (Å²) in [5.74, 6) is 2.07. The zero-order chi connectivity index (χ0) is 23.3. The summed E-state index contributed by atoms with van der Waals surface area (Å²) in [6.07, 6.45) is 4.35. The summed E-state index contributed by atoms with van der Waals surface area (Å²) in [5, 5.41) is 13.4. The first-order chi connectivity index (χ1) is 16.7. The van der Waals surface area contributed by atoms with Gasteiger partial charge in [-0.15, -0.1) is 10.2 Å². The van der Waals surface area contributed by atoms with Crippen LogP contribution in [0.1, 0.15) is 5.56 Å². The lowest BCUT2D eigenvalue weighted by Gasteiger charge is -2.10. The van der Waals surface area contributed by atoms with Gasteiger partial charge in [-0.25, -0.2) is 0 Å². The SMILES string of the molecule is COc1ccc(-n2c(SCC(=O)NCCc3c[nH]c4ccccc34)nnc2-c2ccco2)cc1. The normalized spacial score (nSPS) is 11.1. The van der Waals surface area contributed by atoms with Crippen molar-refractivity contribution in [2.75, 3.05) is 19.4 Å². The number of carbonyl (C=O) groups is 1. The second-order valence-corrected chi connectivity index (χ2v) is 8.51. The van der Waals surface area contributed by atoms with Crippen molar-refractivity contribution in [3.63, 3.8) is 0 Å². The minimum absolute atomic E-state index is 0.0614. The molecule has 1 amide bonds. The maximum atomic E-state index is 12.5. The Hall–Kier alpha value is -3.98. The Bertz CT molecular complexity index is 1390. The van der Waals surface area contributed by atoms with Crippen LogP contribution in [0.5, 0.6) is 5.75 Å². The quantitative estimate of drug-likeness (QED) is 0.307. The van der Waals surface area contributed by atoms with Crippen LogP contribution in [-0.4, -0.2) is 45.1 Å². The highest BCUT2D eigenvalue weighted by molar-refractivity contribution is 7.99. The Kier molecular flexibility index (Phi) is 6.35. The molecule has 0 aliphatic heterocycles. The number of ether oxygens (including phenoxy) is 1. The molecule has 34 heavy (non-hydrogen) atoms. The number of hydrogen-bond acceptors (Lipinski definition) is 6. The lowest BCUT2D eigenvalue weighted by Crippen LogP contribution is -2.27. The molecule has 5 aromatic rings. The van der Waals surface area contributed by atoms with Gasteiger partial charge in [0.05, 0.1) is 24.8 Å². The van der Waals surface area contributed by atoms with Crippen LogP contribution < -0.4 is 10.1 Å². The van der Waals surface area contributed by atoms with Crippen molar-refractivity contribution in [2.45, 2.75) is 11.6 Å². The minimum atomic E-state index is -0.0614. The van der Waals surface area contributed by atoms with Crippen LogP contribution >= 0.6 is 11.8 Å². The summed E-state index contributed by atoms with van der Waals surface area (Å²) < 4.78 is 12.7. The van der Waals surface area contributed by atoms with E-state index in [4.69, 9.17) is 9.15 Å². The fourth-order valence-electron chi connectivity index (χ4n) is 3.75. The van der Waals surface area contributed by atoms with Gasteiger partial charge in [0.25, 0.3) is 0 Å². The Morgan fingerprint density at radius 2 is 1.97 bits per heavy atom. The van der Waals surface area contributed by atoms with E-state index in [1.54, 1.807) is 19.4 Å². The lowest BCUT2D eigenvalue weighted by atomic mass is 10.1. The first-order valence-corrected chi connectivity index (χ1v) is 11.8. The minimum Gasteiger partial charge on any atom is -0.497 e. The number of carbonyl (C=O) groups excluding carboxylic acids is 1. The van der Waals surface area contributed by atoms with E-state index in [9.17, 15) is 4.79 Å². The zero-order valence-electron chi connectivity index (χ0n) is 18.5. The van der Waals surface area contributed by atoms with Crippen LogP contribution in [0.4, 0.5) is 0 Å². The van der Waals surface area contributed by atoms with E-state index in [0.29, 0.717) is 23.3 Å². The molecule has 0 atom stereocenters. The van der Waals surface area contributed by atoms with Crippen LogP contribution in [0.15, 0.2) is 82.7 Å². The van der Waals surface area contributed by atoms with Crippen LogP contribution in [-0.2, 0) is 11.2 Å². The molecular weight excluding hydrogens is 450 g/mol. The molecule has 5 rings (SSSR count). The summed E-state index contributed by atoms with van der Waals surface area (Å²) in [7, 11) is 1.63. The van der Waals surface area contributed by atoms with Gasteiger partial charge in [-0.3, -0.25) is 9.36 Å². The highest BCUT2D eigenvalue weighted by atomic mass is 32.2. The molecule has 8 nitrogen and oxygen atoms in total. The smallest absolute Gasteiger partial charge is 0.230 e. The van der Waals surface area contributed by atoms with Crippen molar-refractivity contribution in [3.8, 4) is 23.0 Å². The molecule has 172 valence electrons. The summed E-state index contributed by atoms with van der Waals surface area (Å²) in [5.41, 5.74) is 3.13. The fourth-order valence-corrected chi connectivity index (χ4v) is 4.53. The number of amides is 1. The van der Waals surface area contributed by atoms with Gasteiger partial charge in [0.2, 0.25) is 11.7 Å². The Morgan fingerprint density at radius 3 is 2.76 bits per heavy atom. The molecule has 0 unspecified atom stereocenters. The number of hydrogen-bond donors (Lipinski definition) is 2. The Balaban J connectivity index is 1.26. The molecule has 0 spiro atoms. The molecule has 3 aromatic heterocycles. The van der Waals surface area contributed by atoms with Crippen molar-refractivity contribution in [2.24, 2.45) is 0 Å². The molecule has 0 fully saturated rings. The molecule has 0 saturated heterocycles. The number of nitrogens with zero attached hydrogens (tertiary/aromatic N) is 3. The van der Waals surface area contributed by atoms with Crippen LogP contribution in [0.2, 0.25) is 0 Å². The van der Waals surface area contributed by atoms with Crippen molar-refractivity contribution in [1.82, 2.24) is 25.1 Å². The number of aromatic amines is 1. The van der Waals surface area contributed by atoms with Gasteiger partial charge in [0, 0.05) is 23.6 Å². The van der Waals surface area contributed by atoms with Gasteiger partial charge in [0.15, 0.2) is 10.9 Å². The van der Waals surface area contributed by atoms with Gasteiger partial charge in [-0.2, -0.15) is 0 Å². The van der Waals surface area contributed by atoms with Crippen molar-refractivity contribution in [3.05, 3.63) is 78.7 Å². The number of H-pyrrole nitrogens is 1. The number of fused-ring (bicyclic) bond motifs is 1. The largest absolute Gasteiger partial charge is 0.497 e. The summed E-state index contributed by atoms with van der Waals surface area (Å²) >= 11 is 1.33. The van der Waals surface area contributed by atoms with E-state index in [2.05, 4.69) is 26.6 Å². The van der Waals surface area contributed by atoms with E-state index < -0.39 is 0 Å². The standard InChI is InChI=1S/C25H23N5O3S/c1-32-19-10-8-18(9-11-19)30-24(22-7-4-14-33-22)28-29-25(30)34-16-23(31)26-13-12-17-15-27-21-6-3-2-5-20(17)21/h2-11,14-15,27H,12-13,16H2,1H3,(H,26,31). The van der Waals surface area contributed by atoms with E-state index in [1.165, 1.54) is 22.7 Å². The third kappa shape index (κ3) is 4.55. The van der Waals surface area contributed by atoms with E-state index in [1.807, 2.05) is 59.3 Å². The second-order valence-electron chi connectivity index (χ2n) is 7.57. The van der Waals surface area contributed by atoms with Crippen LogP contribution in [0.25, 0.3) is 28.2 Å². The number of aromatic nitrogens is 4. The summed E-state index contributed by atoms with van der Waals surface area (Å²) in [4.78, 5) is 15.8. The molecule has 0 radical (unpaired) electrons. The maximum Gasteiger partial charge on any atom is 0.230 e. The molecule has 3 heterocycles. The highest BCUT2D eigenvalue weighted by Gasteiger charge is 2.19. The van der Waals surface area contributed by atoms with E-state index >= 15 is 0 Å². The first kappa shape index (κ1) is 21.8. The van der Waals surface area contributed by atoms with Gasteiger partial charge >= 0.3 is 0 Å². The second kappa shape index (κ2) is 9.88. The topological polar surface area (TPSA) is 98.0 Å².